The number of ether oxygens (including phenoxy) is 1. The summed E-state index contributed by atoms with van der Waals surface area (Å²) in [7, 11) is 1.70. The Bertz CT molecular complexity index is 573. The molecule has 1 aliphatic rings. The van der Waals surface area contributed by atoms with Gasteiger partial charge in [0.1, 0.15) is 5.75 Å². The highest BCUT2D eigenvalue weighted by atomic mass is 16.5. The molecule has 1 atom stereocenters. The van der Waals surface area contributed by atoms with E-state index in [1.165, 1.54) is 5.56 Å². The van der Waals surface area contributed by atoms with Gasteiger partial charge in [-0.15, -0.1) is 0 Å². The highest BCUT2D eigenvalue weighted by Crippen LogP contribution is 2.15. The predicted molar refractivity (Wildman–Crippen MR) is 87.2 cm³/mol. The molecular weight excluding hydrogens is 276 g/mol. The van der Waals surface area contributed by atoms with E-state index in [0.29, 0.717) is 6.04 Å². The molecule has 1 N–H and O–H groups in total. The first-order valence-electron chi connectivity index (χ1n) is 7.72. The zero-order valence-corrected chi connectivity index (χ0v) is 12.9. The molecule has 1 aliphatic heterocycles. The lowest BCUT2D eigenvalue weighted by molar-refractivity contribution is 0.340. The number of aromatic nitrogens is 2. The van der Waals surface area contributed by atoms with E-state index in [-0.39, 0.29) is 0 Å². The molecule has 0 radical (unpaired) electrons. The summed E-state index contributed by atoms with van der Waals surface area (Å²) in [4.78, 5) is 10.9. The van der Waals surface area contributed by atoms with Crippen LogP contribution in [0.1, 0.15) is 12.0 Å². The largest absolute Gasteiger partial charge is 0.497 e. The van der Waals surface area contributed by atoms with Gasteiger partial charge in [-0.3, -0.25) is 0 Å². The van der Waals surface area contributed by atoms with Crippen molar-refractivity contribution in [2.45, 2.75) is 18.9 Å². The Morgan fingerprint density at radius 3 is 2.73 bits per heavy atom. The SMILES string of the molecule is COc1ccc(CCN2CCC(Nc3ncccn3)C2)cc1. The summed E-state index contributed by atoms with van der Waals surface area (Å²) in [6, 6.07) is 10.6. The van der Waals surface area contributed by atoms with E-state index >= 15 is 0 Å². The predicted octanol–water partition coefficient (Wildman–Crippen LogP) is 2.21. The monoisotopic (exact) mass is 298 g/mol. The van der Waals surface area contributed by atoms with Gasteiger partial charge in [0.25, 0.3) is 0 Å². The molecule has 0 aliphatic carbocycles. The highest BCUT2D eigenvalue weighted by Gasteiger charge is 2.22. The molecule has 0 saturated carbocycles. The fourth-order valence-electron chi connectivity index (χ4n) is 2.79. The van der Waals surface area contributed by atoms with E-state index in [4.69, 9.17) is 4.74 Å². The summed E-state index contributed by atoms with van der Waals surface area (Å²) in [6.07, 6.45) is 5.75. The number of methoxy groups -OCH3 is 1. The first-order chi connectivity index (χ1) is 10.8. The van der Waals surface area contributed by atoms with Gasteiger partial charge in [0, 0.05) is 38.1 Å². The minimum Gasteiger partial charge on any atom is -0.497 e. The Morgan fingerprint density at radius 1 is 1.23 bits per heavy atom. The van der Waals surface area contributed by atoms with E-state index in [1.54, 1.807) is 19.5 Å². The average molecular weight is 298 g/mol. The topological polar surface area (TPSA) is 50.3 Å². The number of hydrogen-bond acceptors (Lipinski definition) is 5. The number of nitrogens with one attached hydrogen (secondary N) is 1. The fraction of sp³-hybridized carbons (Fsp3) is 0.412. The van der Waals surface area contributed by atoms with E-state index in [2.05, 4.69) is 32.3 Å². The summed E-state index contributed by atoms with van der Waals surface area (Å²) in [6.45, 7) is 3.26. The molecule has 3 rings (SSSR count). The van der Waals surface area contributed by atoms with Crippen LogP contribution in [0.3, 0.4) is 0 Å². The molecule has 5 heteroatoms. The number of likely N-dealkylation sites (tertiary alicyclic amines) is 1. The van der Waals surface area contributed by atoms with Crippen molar-refractivity contribution in [3.63, 3.8) is 0 Å². The lowest BCUT2D eigenvalue weighted by atomic mass is 10.1. The van der Waals surface area contributed by atoms with Gasteiger partial charge in [-0.1, -0.05) is 12.1 Å². The van der Waals surface area contributed by atoms with Gasteiger partial charge in [-0.25, -0.2) is 9.97 Å². The van der Waals surface area contributed by atoms with Gasteiger partial charge >= 0.3 is 0 Å². The molecule has 2 heterocycles. The first kappa shape index (κ1) is 14.8. The molecule has 1 unspecified atom stereocenters. The van der Waals surface area contributed by atoms with Crippen LogP contribution in [0.25, 0.3) is 0 Å². The lowest BCUT2D eigenvalue weighted by Crippen LogP contribution is -2.28. The molecule has 1 saturated heterocycles. The third-order valence-electron chi connectivity index (χ3n) is 4.05. The molecule has 5 nitrogen and oxygen atoms in total. The van der Waals surface area contributed by atoms with Crippen LogP contribution < -0.4 is 10.1 Å². The van der Waals surface area contributed by atoms with Crippen molar-refractivity contribution >= 4 is 5.95 Å². The van der Waals surface area contributed by atoms with Crippen molar-refractivity contribution in [1.29, 1.82) is 0 Å². The lowest BCUT2D eigenvalue weighted by Gasteiger charge is -2.16. The maximum atomic E-state index is 5.19. The summed E-state index contributed by atoms with van der Waals surface area (Å²) in [5.74, 6) is 1.64. The third kappa shape index (κ3) is 3.95. The molecular formula is C17H22N4O. The van der Waals surface area contributed by atoms with Crippen LogP contribution in [-0.4, -0.2) is 47.7 Å². The summed E-state index contributed by atoms with van der Waals surface area (Å²) in [5, 5.41) is 3.40. The zero-order valence-electron chi connectivity index (χ0n) is 12.9. The second-order valence-electron chi connectivity index (χ2n) is 5.60. The van der Waals surface area contributed by atoms with Gasteiger partial charge in [-0.05, 0) is 36.6 Å². The minimum absolute atomic E-state index is 0.443. The second-order valence-corrected chi connectivity index (χ2v) is 5.60. The second kappa shape index (κ2) is 7.22. The van der Waals surface area contributed by atoms with Gasteiger partial charge in [0.05, 0.1) is 7.11 Å². The Balaban J connectivity index is 1.44. The number of anilines is 1. The van der Waals surface area contributed by atoms with Crippen molar-refractivity contribution in [3.05, 3.63) is 48.3 Å². The molecule has 1 aromatic carbocycles. The van der Waals surface area contributed by atoms with Gasteiger partial charge in [0.15, 0.2) is 0 Å². The van der Waals surface area contributed by atoms with Crippen molar-refractivity contribution in [2.24, 2.45) is 0 Å². The van der Waals surface area contributed by atoms with E-state index in [0.717, 1.165) is 44.2 Å². The van der Waals surface area contributed by atoms with Gasteiger partial charge in [-0.2, -0.15) is 0 Å². The van der Waals surface area contributed by atoms with E-state index < -0.39 is 0 Å². The molecule has 116 valence electrons. The highest BCUT2D eigenvalue weighted by molar-refractivity contribution is 5.27. The fourth-order valence-corrected chi connectivity index (χ4v) is 2.79. The van der Waals surface area contributed by atoms with Crippen molar-refractivity contribution in [2.75, 3.05) is 32.1 Å². The quantitative estimate of drug-likeness (QED) is 0.886. The number of benzene rings is 1. The van der Waals surface area contributed by atoms with Crippen LogP contribution in [0.5, 0.6) is 5.75 Å². The Hall–Kier alpha value is -2.14. The summed E-state index contributed by atoms with van der Waals surface area (Å²) >= 11 is 0. The normalized spacial score (nSPS) is 18.3. The van der Waals surface area contributed by atoms with E-state index in [1.807, 2.05) is 18.2 Å². The summed E-state index contributed by atoms with van der Waals surface area (Å²) < 4.78 is 5.19. The number of rotatable bonds is 6. The van der Waals surface area contributed by atoms with Crippen molar-refractivity contribution in [3.8, 4) is 5.75 Å². The molecule has 0 bridgehead atoms. The van der Waals surface area contributed by atoms with Crippen LogP contribution in [0.4, 0.5) is 5.95 Å². The number of hydrogen-bond donors (Lipinski definition) is 1. The third-order valence-corrected chi connectivity index (χ3v) is 4.05. The standard InChI is InChI=1S/C17H22N4O/c1-22-16-5-3-14(4-6-16)7-11-21-12-8-15(13-21)20-17-18-9-2-10-19-17/h2-6,9-10,15H,7-8,11-13H2,1H3,(H,18,19,20). The summed E-state index contributed by atoms with van der Waals surface area (Å²) in [5.41, 5.74) is 1.35. The van der Waals surface area contributed by atoms with Crippen LogP contribution in [-0.2, 0) is 6.42 Å². The van der Waals surface area contributed by atoms with E-state index in [9.17, 15) is 0 Å². The Labute approximate surface area is 131 Å². The average Bonchev–Trinajstić information content (AvgIpc) is 3.02. The van der Waals surface area contributed by atoms with Crippen LogP contribution in [0.15, 0.2) is 42.7 Å². The minimum atomic E-state index is 0.443. The van der Waals surface area contributed by atoms with Crippen LogP contribution in [0.2, 0.25) is 0 Å². The maximum absolute atomic E-state index is 5.19. The molecule has 0 spiro atoms. The zero-order chi connectivity index (χ0) is 15.2. The smallest absolute Gasteiger partial charge is 0.222 e. The van der Waals surface area contributed by atoms with Crippen molar-refractivity contribution < 1.29 is 4.74 Å². The Morgan fingerprint density at radius 2 is 2.00 bits per heavy atom. The Kier molecular flexibility index (Phi) is 4.85. The van der Waals surface area contributed by atoms with Crippen LogP contribution in [0, 0.1) is 0 Å². The maximum Gasteiger partial charge on any atom is 0.222 e. The first-order valence-corrected chi connectivity index (χ1v) is 7.72. The molecule has 22 heavy (non-hydrogen) atoms. The van der Waals surface area contributed by atoms with Gasteiger partial charge < -0.3 is 15.0 Å². The van der Waals surface area contributed by atoms with Crippen LogP contribution >= 0.6 is 0 Å². The number of nitrogens with zero attached hydrogens (tertiary/aromatic N) is 3. The van der Waals surface area contributed by atoms with Crippen molar-refractivity contribution in [1.82, 2.24) is 14.9 Å². The molecule has 1 fully saturated rings. The molecule has 2 aromatic rings. The molecule has 0 amide bonds. The molecule has 1 aromatic heterocycles. The van der Waals surface area contributed by atoms with Gasteiger partial charge in [0.2, 0.25) is 5.95 Å².